The fraction of sp³-hybridized carbons (Fsp3) is 0.579. The Labute approximate surface area is 148 Å². The van der Waals surface area contributed by atoms with Crippen molar-refractivity contribution in [2.24, 2.45) is 0 Å². The highest BCUT2D eigenvalue weighted by Gasteiger charge is 2.51. The van der Waals surface area contributed by atoms with Crippen LogP contribution in [-0.4, -0.2) is 28.3 Å². The second-order valence-corrected chi connectivity index (χ2v) is 8.30. The maximum absolute atomic E-state index is 12.6. The molecule has 1 aromatic carbocycles. The Kier molecular flexibility index (Phi) is 3.81. The molecule has 1 aliphatic carbocycles. The van der Waals surface area contributed by atoms with E-state index in [-0.39, 0.29) is 5.56 Å². The van der Waals surface area contributed by atoms with Gasteiger partial charge in [-0.15, -0.1) is 0 Å². The molecular weight excluding hydrogens is 315 g/mol. The molecule has 0 spiro atoms. The fourth-order valence-electron chi connectivity index (χ4n) is 3.69. The molecule has 25 heavy (non-hydrogen) atoms. The summed E-state index contributed by atoms with van der Waals surface area (Å²) in [6.07, 6.45) is 4.65. The molecule has 2 aliphatic rings. The topological polar surface area (TPSA) is 64.2 Å². The minimum atomic E-state index is -0.469. The molecule has 0 unspecified atom stereocenters. The highest BCUT2D eigenvalue weighted by atomic mass is 16.7. The lowest BCUT2D eigenvalue weighted by molar-refractivity contribution is 0.00578. The Balaban J connectivity index is 1.71. The van der Waals surface area contributed by atoms with Gasteiger partial charge in [-0.05, 0) is 58.1 Å². The summed E-state index contributed by atoms with van der Waals surface area (Å²) >= 11 is 0. The Morgan fingerprint density at radius 1 is 1.12 bits per heavy atom. The van der Waals surface area contributed by atoms with E-state index in [1.807, 2.05) is 45.9 Å². The Bertz CT molecular complexity index is 853. The van der Waals surface area contributed by atoms with Gasteiger partial charge < -0.3 is 14.3 Å². The van der Waals surface area contributed by atoms with Crippen molar-refractivity contribution in [3.63, 3.8) is 0 Å². The van der Waals surface area contributed by atoms with Gasteiger partial charge in [-0.25, -0.2) is 4.98 Å². The van der Waals surface area contributed by atoms with E-state index < -0.39 is 18.3 Å². The van der Waals surface area contributed by atoms with Crippen molar-refractivity contribution >= 4 is 23.5 Å². The number of hydrogen-bond acceptors (Lipinski definition) is 4. The van der Waals surface area contributed by atoms with Crippen molar-refractivity contribution in [3.05, 3.63) is 34.4 Å². The number of H-pyrrole nitrogens is 1. The standard InChI is InChI=1S/C19H25BN2O3/c1-18(2)19(3,4)25-20(24-18)13-9-10-15-14(11-13)17(23)22-16(21-15)12-7-5-6-8-12/h9-12H,5-8H2,1-4H3,(H,21,22,23). The number of benzene rings is 1. The molecule has 6 heteroatoms. The van der Waals surface area contributed by atoms with Gasteiger partial charge in [0.15, 0.2) is 0 Å². The van der Waals surface area contributed by atoms with Gasteiger partial charge in [0.2, 0.25) is 0 Å². The van der Waals surface area contributed by atoms with Gasteiger partial charge in [0.05, 0.1) is 22.1 Å². The van der Waals surface area contributed by atoms with Gasteiger partial charge in [-0.2, -0.15) is 0 Å². The molecule has 2 heterocycles. The number of aromatic nitrogens is 2. The molecule has 1 saturated heterocycles. The third kappa shape index (κ3) is 2.81. The van der Waals surface area contributed by atoms with Crippen molar-refractivity contribution in [1.29, 1.82) is 0 Å². The van der Waals surface area contributed by atoms with Crippen LogP contribution in [0.25, 0.3) is 10.9 Å². The van der Waals surface area contributed by atoms with Crippen LogP contribution >= 0.6 is 0 Å². The second-order valence-electron chi connectivity index (χ2n) is 8.30. The highest BCUT2D eigenvalue weighted by molar-refractivity contribution is 6.62. The van der Waals surface area contributed by atoms with E-state index >= 15 is 0 Å². The van der Waals surface area contributed by atoms with Crippen LogP contribution in [-0.2, 0) is 9.31 Å². The minimum Gasteiger partial charge on any atom is -0.399 e. The lowest BCUT2D eigenvalue weighted by atomic mass is 9.78. The third-order valence-electron chi connectivity index (χ3n) is 6.02. The summed E-state index contributed by atoms with van der Waals surface area (Å²) in [7, 11) is -0.469. The molecule has 2 fully saturated rings. The summed E-state index contributed by atoms with van der Waals surface area (Å²) in [5.41, 5.74) is 0.719. The first-order valence-electron chi connectivity index (χ1n) is 9.16. The molecule has 0 radical (unpaired) electrons. The molecule has 132 valence electrons. The molecule has 2 aromatic rings. The average molecular weight is 340 g/mol. The largest absolute Gasteiger partial charge is 0.494 e. The lowest BCUT2D eigenvalue weighted by Gasteiger charge is -2.32. The van der Waals surface area contributed by atoms with Crippen LogP contribution in [0.3, 0.4) is 0 Å². The molecule has 0 bridgehead atoms. The Hall–Kier alpha value is -1.66. The lowest BCUT2D eigenvalue weighted by Crippen LogP contribution is -2.41. The van der Waals surface area contributed by atoms with E-state index in [1.54, 1.807) is 0 Å². The highest BCUT2D eigenvalue weighted by Crippen LogP contribution is 2.36. The number of rotatable bonds is 2. The van der Waals surface area contributed by atoms with E-state index in [0.29, 0.717) is 11.3 Å². The molecule has 1 saturated carbocycles. The second kappa shape index (κ2) is 5.68. The SMILES string of the molecule is CC1(C)OB(c2ccc3nc(C4CCCC4)[nH]c(=O)c3c2)OC1(C)C. The van der Waals surface area contributed by atoms with E-state index in [4.69, 9.17) is 14.3 Å². The molecule has 5 nitrogen and oxygen atoms in total. The van der Waals surface area contributed by atoms with Gasteiger partial charge in [0, 0.05) is 5.92 Å². The third-order valence-corrected chi connectivity index (χ3v) is 6.02. The summed E-state index contributed by atoms with van der Waals surface area (Å²) in [6, 6.07) is 5.71. The van der Waals surface area contributed by atoms with Crippen LogP contribution in [0.2, 0.25) is 0 Å². The van der Waals surface area contributed by atoms with Gasteiger partial charge in [-0.3, -0.25) is 4.79 Å². The zero-order chi connectivity index (χ0) is 17.8. The first-order valence-corrected chi connectivity index (χ1v) is 9.16. The van der Waals surface area contributed by atoms with E-state index in [9.17, 15) is 4.79 Å². The molecule has 0 amide bonds. The maximum Gasteiger partial charge on any atom is 0.494 e. The zero-order valence-electron chi connectivity index (χ0n) is 15.4. The molecular formula is C19H25BN2O3. The van der Waals surface area contributed by atoms with Gasteiger partial charge >= 0.3 is 7.12 Å². The summed E-state index contributed by atoms with van der Waals surface area (Å²) < 4.78 is 12.2. The predicted octanol–water partition coefficient (Wildman–Crippen LogP) is 2.88. The van der Waals surface area contributed by atoms with Crippen molar-refractivity contribution < 1.29 is 9.31 Å². The normalized spacial score (nSPS) is 22.8. The molecule has 1 N–H and O–H groups in total. The summed E-state index contributed by atoms with van der Waals surface area (Å²) in [5, 5.41) is 0.592. The predicted molar refractivity (Wildman–Crippen MR) is 99.3 cm³/mol. The molecule has 0 atom stereocenters. The number of fused-ring (bicyclic) bond motifs is 1. The number of hydrogen-bond donors (Lipinski definition) is 1. The quantitative estimate of drug-likeness (QED) is 0.854. The number of nitrogens with zero attached hydrogens (tertiary/aromatic N) is 1. The summed E-state index contributed by atoms with van der Waals surface area (Å²) in [5.74, 6) is 1.22. The first-order chi connectivity index (χ1) is 11.8. The number of nitrogens with one attached hydrogen (secondary N) is 1. The van der Waals surface area contributed by atoms with Crippen molar-refractivity contribution in [3.8, 4) is 0 Å². The fourth-order valence-corrected chi connectivity index (χ4v) is 3.69. The van der Waals surface area contributed by atoms with Gasteiger partial charge in [-0.1, -0.05) is 18.9 Å². The van der Waals surface area contributed by atoms with E-state index in [2.05, 4.69) is 4.98 Å². The van der Waals surface area contributed by atoms with Gasteiger partial charge in [0.1, 0.15) is 5.82 Å². The van der Waals surface area contributed by atoms with Crippen molar-refractivity contribution in [2.45, 2.75) is 70.5 Å². The van der Waals surface area contributed by atoms with Gasteiger partial charge in [0.25, 0.3) is 5.56 Å². The first kappa shape index (κ1) is 16.8. The molecule has 1 aliphatic heterocycles. The van der Waals surface area contributed by atoms with Crippen molar-refractivity contribution in [2.75, 3.05) is 0 Å². The summed E-state index contributed by atoms with van der Waals surface area (Å²) in [4.78, 5) is 20.3. The Morgan fingerprint density at radius 2 is 1.76 bits per heavy atom. The van der Waals surface area contributed by atoms with Crippen LogP contribution in [0.5, 0.6) is 0 Å². The Morgan fingerprint density at radius 3 is 2.40 bits per heavy atom. The van der Waals surface area contributed by atoms with Crippen LogP contribution in [0.4, 0.5) is 0 Å². The minimum absolute atomic E-state index is 0.0785. The summed E-state index contributed by atoms with van der Waals surface area (Å²) in [6.45, 7) is 8.10. The van der Waals surface area contributed by atoms with Crippen LogP contribution in [0.1, 0.15) is 65.1 Å². The smallest absolute Gasteiger partial charge is 0.399 e. The monoisotopic (exact) mass is 340 g/mol. The van der Waals surface area contributed by atoms with Crippen molar-refractivity contribution in [1.82, 2.24) is 9.97 Å². The molecule has 4 rings (SSSR count). The van der Waals surface area contributed by atoms with Crippen LogP contribution in [0.15, 0.2) is 23.0 Å². The van der Waals surface area contributed by atoms with Crippen LogP contribution < -0.4 is 11.0 Å². The average Bonchev–Trinajstić information content (AvgIpc) is 3.14. The van der Waals surface area contributed by atoms with Crippen LogP contribution in [0, 0.1) is 0 Å². The number of aromatic amines is 1. The maximum atomic E-state index is 12.6. The van der Waals surface area contributed by atoms with E-state index in [0.717, 1.165) is 29.6 Å². The van der Waals surface area contributed by atoms with E-state index in [1.165, 1.54) is 12.8 Å². The molecule has 1 aromatic heterocycles. The zero-order valence-corrected chi connectivity index (χ0v) is 15.4.